The Bertz CT molecular complexity index is 884. The number of nitrogens with zero attached hydrogens (tertiary/aromatic N) is 1. The second kappa shape index (κ2) is 7.15. The van der Waals surface area contributed by atoms with Crippen LogP contribution in [0.25, 0.3) is 0 Å². The zero-order valence-electron chi connectivity index (χ0n) is 13.2. The van der Waals surface area contributed by atoms with Gasteiger partial charge >= 0.3 is 0 Å². The molecule has 6 nitrogen and oxygen atoms in total. The van der Waals surface area contributed by atoms with E-state index in [2.05, 4.69) is 4.72 Å². The van der Waals surface area contributed by atoms with Gasteiger partial charge in [-0.15, -0.1) is 0 Å². The maximum atomic E-state index is 12.4. The van der Waals surface area contributed by atoms with Gasteiger partial charge in [-0.2, -0.15) is 5.26 Å². The summed E-state index contributed by atoms with van der Waals surface area (Å²) in [6.45, 7) is 1.62. The average Bonchev–Trinajstić information content (AvgIpc) is 2.53. The first-order valence-electron chi connectivity index (χ1n) is 7.07. The predicted molar refractivity (Wildman–Crippen MR) is 90.5 cm³/mol. The molecule has 0 heterocycles. The molecule has 2 rings (SSSR count). The van der Waals surface area contributed by atoms with E-state index in [4.69, 9.17) is 10.00 Å². The van der Waals surface area contributed by atoms with Gasteiger partial charge in [-0.25, -0.2) is 8.42 Å². The summed E-state index contributed by atoms with van der Waals surface area (Å²) in [6.07, 6.45) is 0.310. The summed E-state index contributed by atoms with van der Waals surface area (Å²) in [4.78, 5) is 12.4. The molecule has 0 unspecified atom stereocenters. The normalized spacial score (nSPS) is 12.0. The number of carbonyl (C=O) groups is 1. The standard InChI is InChI=1S/C17H16N2O4S/c1-12(23-16-5-3-4-13(10-16)11-18)17(20)14-6-8-15(9-7-14)19-24(2,21)22/h3-10,12,19H,1-2H3/t12-/m0/s1. The van der Waals surface area contributed by atoms with Crippen LogP contribution < -0.4 is 9.46 Å². The molecule has 0 aromatic heterocycles. The van der Waals surface area contributed by atoms with E-state index in [1.165, 1.54) is 24.3 Å². The van der Waals surface area contributed by atoms with E-state index < -0.39 is 16.1 Å². The lowest BCUT2D eigenvalue weighted by atomic mass is 10.1. The highest BCUT2D eigenvalue weighted by molar-refractivity contribution is 7.92. The van der Waals surface area contributed by atoms with E-state index in [0.29, 0.717) is 22.6 Å². The van der Waals surface area contributed by atoms with Crippen molar-refractivity contribution < 1.29 is 17.9 Å². The Labute approximate surface area is 140 Å². The largest absolute Gasteiger partial charge is 0.483 e. The monoisotopic (exact) mass is 344 g/mol. The second-order valence-corrected chi connectivity index (χ2v) is 6.96. The van der Waals surface area contributed by atoms with Gasteiger partial charge in [0, 0.05) is 11.3 Å². The summed E-state index contributed by atoms with van der Waals surface area (Å²) in [5.41, 5.74) is 1.23. The van der Waals surface area contributed by atoms with Gasteiger partial charge in [0.05, 0.1) is 17.9 Å². The SMILES string of the molecule is C[C@H](Oc1cccc(C#N)c1)C(=O)c1ccc(NS(C)(=O)=O)cc1. The van der Waals surface area contributed by atoms with Crippen LogP contribution in [0.1, 0.15) is 22.8 Å². The summed E-state index contributed by atoms with van der Waals surface area (Å²) < 4.78 is 30.2. The quantitative estimate of drug-likeness (QED) is 0.813. The first-order valence-corrected chi connectivity index (χ1v) is 8.96. The summed E-state index contributed by atoms with van der Waals surface area (Å²) in [7, 11) is -3.36. The molecule has 0 bridgehead atoms. The van der Waals surface area contributed by atoms with Crippen molar-refractivity contribution in [1.82, 2.24) is 0 Å². The van der Waals surface area contributed by atoms with E-state index in [1.807, 2.05) is 6.07 Å². The first kappa shape index (κ1) is 17.5. The fraction of sp³-hybridized carbons (Fsp3) is 0.176. The lowest BCUT2D eigenvalue weighted by Crippen LogP contribution is -2.24. The first-order chi connectivity index (χ1) is 11.3. The molecule has 0 saturated heterocycles. The van der Waals surface area contributed by atoms with Crippen LogP contribution in [0.15, 0.2) is 48.5 Å². The number of benzene rings is 2. The third-order valence-electron chi connectivity index (χ3n) is 3.12. The minimum atomic E-state index is -3.36. The van der Waals surface area contributed by atoms with E-state index in [9.17, 15) is 13.2 Å². The molecule has 7 heteroatoms. The number of ether oxygens (including phenoxy) is 1. The third kappa shape index (κ3) is 4.83. The molecule has 0 radical (unpaired) electrons. The van der Waals surface area contributed by atoms with E-state index in [0.717, 1.165) is 6.26 Å². The van der Waals surface area contributed by atoms with Gasteiger partial charge < -0.3 is 4.74 Å². The molecule has 0 aliphatic heterocycles. The predicted octanol–water partition coefficient (Wildman–Crippen LogP) is 2.58. The minimum absolute atomic E-state index is 0.247. The molecule has 2 aromatic rings. The smallest absolute Gasteiger partial charge is 0.229 e. The maximum Gasteiger partial charge on any atom is 0.229 e. The Morgan fingerprint density at radius 1 is 1.21 bits per heavy atom. The fourth-order valence-electron chi connectivity index (χ4n) is 2.05. The van der Waals surface area contributed by atoms with Crippen LogP contribution in [0.2, 0.25) is 0 Å². The maximum absolute atomic E-state index is 12.4. The lowest BCUT2D eigenvalue weighted by Gasteiger charge is -2.14. The van der Waals surface area contributed by atoms with Crippen LogP contribution >= 0.6 is 0 Å². The number of nitriles is 1. The van der Waals surface area contributed by atoms with Gasteiger partial charge in [0.1, 0.15) is 5.75 Å². The Hall–Kier alpha value is -2.85. The van der Waals surface area contributed by atoms with Gasteiger partial charge in [0.25, 0.3) is 0 Å². The highest BCUT2D eigenvalue weighted by Gasteiger charge is 2.17. The van der Waals surface area contributed by atoms with Crippen LogP contribution in [-0.4, -0.2) is 26.6 Å². The molecular weight excluding hydrogens is 328 g/mol. The van der Waals surface area contributed by atoms with E-state index >= 15 is 0 Å². The number of hydrogen-bond acceptors (Lipinski definition) is 5. The van der Waals surface area contributed by atoms with E-state index in [-0.39, 0.29) is 5.78 Å². The Morgan fingerprint density at radius 2 is 1.88 bits per heavy atom. The van der Waals surface area contributed by atoms with Gasteiger partial charge in [0.15, 0.2) is 6.10 Å². The number of Topliss-reactive ketones (excluding diaryl/α,β-unsaturated/α-hetero) is 1. The van der Waals surface area contributed by atoms with Crippen molar-refractivity contribution in [3.63, 3.8) is 0 Å². The van der Waals surface area contributed by atoms with Gasteiger partial charge in [-0.1, -0.05) is 6.07 Å². The minimum Gasteiger partial charge on any atom is -0.483 e. The van der Waals surface area contributed by atoms with Crippen LogP contribution in [0.5, 0.6) is 5.75 Å². The lowest BCUT2D eigenvalue weighted by molar-refractivity contribution is 0.0818. The molecule has 124 valence electrons. The Balaban J connectivity index is 2.08. The highest BCUT2D eigenvalue weighted by Crippen LogP contribution is 2.17. The topological polar surface area (TPSA) is 96.3 Å². The van der Waals surface area contributed by atoms with E-state index in [1.54, 1.807) is 31.2 Å². The van der Waals surface area contributed by atoms with Crippen LogP contribution in [0.4, 0.5) is 5.69 Å². The van der Waals surface area contributed by atoms with Crippen molar-refractivity contribution in [1.29, 1.82) is 5.26 Å². The zero-order valence-corrected chi connectivity index (χ0v) is 14.0. The molecule has 0 fully saturated rings. The van der Waals surface area contributed by atoms with Crippen molar-refractivity contribution in [2.75, 3.05) is 11.0 Å². The van der Waals surface area contributed by atoms with Crippen molar-refractivity contribution in [2.45, 2.75) is 13.0 Å². The molecule has 0 amide bonds. The van der Waals surface area contributed by atoms with Crippen LogP contribution in [-0.2, 0) is 10.0 Å². The summed E-state index contributed by atoms with van der Waals surface area (Å²) >= 11 is 0. The van der Waals surface area contributed by atoms with Crippen LogP contribution in [0.3, 0.4) is 0 Å². The number of rotatable bonds is 6. The van der Waals surface area contributed by atoms with Gasteiger partial charge in [-0.3, -0.25) is 9.52 Å². The fourth-order valence-corrected chi connectivity index (χ4v) is 2.61. The number of ketones is 1. The van der Waals surface area contributed by atoms with Crippen molar-refractivity contribution >= 4 is 21.5 Å². The molecule has 1 atom stereocenters. The highest BCUT2D eigenvalue weighted by atomic mass is 32.2. The number of hydrogen-bond donors (Lipinski definition) is 1. The van der Waals surface area contributed by atoms with Gasteiger partial charge in [-0.05, 0) is 49.4 Å². The van der Waals surface area contributed by atoms with Crippen LogP contribution in [0, 0.1) is 11.3 Å². The second-order valence-electron chi connectivity index (χ2n) is 5.22. The molecule has 0 aliphatic carbocycles. The van der Waals surface area contributed by atoms with Crippen molar-refractivity contribution in [2.24, 2.45) is 0 Å². The molecule has 0 saturated carbocycles. The molecule has 24 heavy (non-hydrogen) atoms. The molecule has 0 spiro atoms. The van der Waals surface area contributed by atoms with Crippen molar-refractivity contribution in [3.05, 3.63) is 59.7 Å². The summed E-state index contributed by atoms with van der Waals surface area (Å²) in [5, 5.41) is 8.87. The van der Waals surface area contributed by atoms with Crippen molar-refractivity contribution in [3.8, 4) is 11.8 Å². The third-order valence-corrected chi connectivity index (χ3v) is 3.72. The molecule has 2 aromatic carbocycles. The Kier molecular flexibility index (Phi) is 5.21. The summed E-state index contributed by atoms with van der Waals surface area (Å²) in [5.74, 6) is 0.188. The number of carbonyl (C=O) groups excluding carboxylic acids is 1. The number of sulfonamides is 1. The number of anilines is 1. The number of nitrogens with one attached hydrogen (secondary N) is 1. The zero-order chi connectivity index (χ0) is 17.7. The molecule has 1 N–H and O–H groups in total. The molecular formula is C17H16N2O4S. The summed E-state index contributed by atoms with van der Waals surface area (Å²) in [6, 6.07) is 14.6. The average molecular weight is 344 g/mol. The molecule has 0 aliphatic rings. The Morgan fingerprint density at radius 3 is 2.46 bits per heavy atom. The van der Waals surface area contributed by atoms with Gasteiger partial charge in [0.2, 0.25) is 15.8 Å².